The molecular weight excluding hydrogens is 344 g/mol. The molecular formula is C16H14N4O4S. The van der Waals surface area contributed by atoms with Gasteiger partial charge in [-0.25, -0.2) is 0 Å². The van der Waals surface area contributed by atoms with Crippen molar-refractivity contribution < 1.29 is 17.8 Å². The van der Waals surface area contributed by atoms with Gasteiger partial charge in [-0.15, -0.1) is 0 Å². The highest BCUT2D eigenvalue weighted by Crippen LogP contribution is 2.16. The molecule has 0 aliphatic heterocycles. The van der Waals surface area contributed by atoms with Crippen molar-refractivity contribution in [3.8, 4) is 6.07 Å². The van der Waals surface area contributed by atoms with Gasteiger partial charge in [0.2, 0.25) is 0 Å². The minimum atomic E-state index is -4.39. The molecule has 0 aliphatic rings. The maximum atomic E-state index is 12.1. The number of anilines is 2. The first-order chi connectivity index (χ1) is 11.8. The lowest BCUT2D eigenvalue weighted by Gasteiger charge is -2.06. The molecule has 0 spiro atoms. The van der Waals surface area contributed by atoms with E-state index in [2.05, 4.69) is 15.6 Å². The second-order valence-corrected chi connectivity index (χ2v) is 6.38. The summed E-state index contributed by atoms with van der Waals surface area (Å²) in [5, 5.41) is 14.3. The van der Waals surface area contributed by atoms with Crippen LogP contribution < -0.4 is 10.6 Å². The molecule has 9 heteroatoms. The molecule has 1 heterocycles. The fourth-order valence-corrected chi connectivity index (χ4v) is 2.32. The number of aromatic nitrogens is 1. The fraction of sp³-hybridized carbons (Fsp3) is 0.0625. The van der Waals surface area contributed by atoms with Gasteiger partial charge in [0.1, 0.15) is 11.6 Å². The Balaban J connectivity index is 2.14. The second-order valence-electron chi connectivity index (χ2n) is 4.96. The van der Waals surface area contributed by atoms with Gasteiger partial charge >= 0.3 is 0 Å². The van der Waals surface area contributed by atoms with E-state index in [1.807, 2.05) is 6.92 Å². The molecule has 0 aliphatic carbocycles. The quantitative estimate of drug-likeness (QED) is 0.423. The number of pyridine rings is 1. The molecule has 2 aromatic rings. The van der Waals surface area contributed by atoms with Gasteiger partial charge in [-0.3, -0.25) is 14.3 Å². The van der Waals surface area contributed by atoms with Crippen molar-refractivity contribution >= 4 is 27.4 Å². The number of nitriles is 1. The number of carbonyl (C=O) groups is 1. The van der Waals surface area contributed by atoms with E-state index in [0.717, 1.165) is 11.8 Å². The predicted octanol–water partition coefficient (Wildman–Crippen LogP) is 2.09. The van der Waals surface area contributed by atoms with Gasteiger partial charge in [0.25, 0.3) is 16.0 Å². The van der Waals surface area contributed by atoms with E-state index in [9.17, 15) is 13.2 Å². The summed E-state index contributed by atoms with van der Waals surface area (Å²) in [6.45, 7) is 1.83. The summed E-state index contributed by atoms with van der Waals surface area (Å²) in [5.41, 5.74) is 1.32. The zero-order valence-electron chi connectivity index (χ0n) is 13.1. The highest BCUT2D eigenvalue weighted by molar-refractivity contribution is 7.85. The van der Waals surface area contributed by atoms with E-state index in [1.54, 1.807) is 24.4 Å². The summed E-state index contributed by atoms with van der Waals surface area (Å²) in [6.07, 6.45) is 2.77. The van der Waals surface area contributed by atoms with Crippen molar-refractivity contribution in [3.63, 3.8) is 0 Å². The summed E-state index contributed by atoms with van der Waals surface area (Å²) < 4.78 is 31.2. The fourth-order valence-electron chi connectivity index (χ4n) is 1.79. The lowest BCUT2D eigenvalue weighted by molar-refractivity contribution is -0.112. The van der Waals surface area contributed by atoms with E-state index in [4.69, 9.17) is 9.81 Å². The summed E-state index contributed by atoms with van der Waals surface area (Å²) in [7, 11) is -4.39. The van der Waals surface area contributed by atoms with Gasteiger partial charge in [0.15, 0.2) is 0 Å². The Labute approximate surface area is 144 Å². The average molecular weight is 358 g/mol. The number of nitrogens with one attached hydrogen (secondary N) is 2. The minimum Gasteiger partial charge on any atom is -0.359 e. The van der Waals surface area contributed by atoms with Crippen molar-refractivity contribution in [1.29, 1.82) is 5.26 Å². The van der Waals surface area contributed by atoms with E-state index >= 15 is 0 Å². The second kappa shape index (κ2) is 7.57. The maximum absolute atomic E-state index is 12.1. The third-order valence-corrected chi connectivity index (χ3v) is 3.90. The van der Waals surface area contributed by atoms with Crippen LogP contribution in [0.25, 0.3) is 0 Å². The van der Waals surface area contributed by atoms with Crippen molar-refractivity contribution in [2.45, 2.75) is 11.8 Å². The molecule has 0 radical (unpaired) electrons. The van der Waals surface area contributed by atoms with Gasteiger partial charge in [-0.2, -0.15) is 13.7 Å². The molecule has 0 saturated heterocycles. The first-order valence-corrected chi connectivity index (χ1v) is 8.42. The number of carbonyl (C=O) groups excluding carboxylic acids is 1. The summed E-state index contributed by atoms with van der Waals surface area (Å²) >= 11 is 0. The average Bonchev–Trinajstić information content (AvgIpc) is 2.56. The highest BCUT2D eigenvalue weighted by atomic mass is 32.2. The monoisotopic (exact) mass is 358 g/mol. The summed E-state index contributed by atoms with van der Waals surface area (Å²) in [5.74, 6) is -0.734. The predicted molar refractivity (Wildman–Crippen MR) is 91.2 cm³/mol. The van der Waals surface area contributed by atoms with Crippen molar-refractivity contribution in [2.75, 3.05) is 10.6 Å². The van der Waals surface area contributed by atoms with Crippen LogP contribution >= 0.6 is 0 Å². The molecule has 128 valence electrons. The zero-order valence-corrected chi connectivity index (χ0v) is 13.9. The Morgan fingerprint density at radius 1 is 1.28 bits per heavy atom. The Morgan fingerprint density at radius 3 is 2.64 bits per heavy atom. The molecule has 2 rings (SSSR count). The Hall–Kier alpha value is -3.22. The lowest BCUT2D eigenvalue weighted by atomic mass is 10.2. The minimum absolute atomic E-state index is 0.123. The van der Waals surface area contributed by atoms with Crippen LogP contribution in [0, 0.1) is 18.3 Å². The van der Waals surface area contributed by atoms with Crippen LogP contribution in [0.5, 0.6) is 0 Å². The molecule has 0 saturated carbocycles. The number of amides is 1. The molecule has 0 unspecified atom stereocenters. The normalized spacial score (nSPS) is 11.5. The van der Waals surface area contributed by atoms with Crippen LogP contribution in [0.15, 0.2) is 59.3 Å². The Kier molecular flexibility index (Phi) is 5.49. The van der Waals surface area contributed by atoms with Crippen molar-refractivity contribution in [1.82, 2.24) is 4.98 Å². The molecule has 3 N–H and O–H groups in total. The van der Waals surface area contributed by atoms with Crippen LogP contribution in [-0.2, 0) is 14.9 Å². The van der Waals surface area contributed by atoms with Gasteiger partial charge in [-0.1, -0.05) is 6.07 Å². The molecule has 8 nitrogen and oxygen atoms in total. The van der Waals surface area contributed by atoms with Crippen LogP contribution in [0.3, 0.4) is 0 Å². The van der Waals surface area contributed by atoms with E-state index in [-0.39, 0.29) is 16.2 Å². The molecule has 0 bridgehead atoms. The zero-order chi connectivity index (χ0) is 18.4. The smallest absolute Gasteiger partial charge is 0.294 e. The van der Waals surface area contributed by atoms with Gasteiger partial charge in [0.05, 0.1) is 16.8 Å². The number of hydrogen-bond acceptors (Lipinski definition) is 6. The molecule has 0 fully saturated rings. The number of benzene rings is 1. The van der Waals surface area contributed by atoms with E-state index in [1.165, 1.54) is 24.4 Å². The SMILES string of the molecule is Cc1ccc(N/C=C(/C#N)C(=O)Nc2cccc(S(=O)(=O)O)c2)cn1. The van der Waals surface area contributed by atoms with Gasteiger partial charge in [0, 0.05) is 17.6 Å². The van der Waals surface area contributed by atoms with Crippen molar-refractivity contribution in [2.24, 2.45) is 0 Å². The molecule has 25 heavy (non-hydrogen) atoms. The summed E-state index contributed by atoms with van der Waals surface area (Å²) in [6, 6.07) is 10.3. The van der Waals surface area contributed by atoms with Crippen LogP contribution in [0.1, 0.15) is 5.69 Å². The van der Waals surface area contributed by atoms with E-state index in [0.29, 0.717) is 5.69 Å². The Bertz CT molecular complexity index is 960. The number of aryl methyl sites for hydroxylation is 1. The largest absolute Gasteiger partial charge is 0.359 e. The molecule has 0 atom stereocenters. The van der Waals surface area contributed by atoms with Crippen LogP contribution in [0.2, 0.25) is 0 Å². The third kappa shape index (κ3) is 5.13. The van der Waals surface area contributed by atoms with E-state index < -0.39 is 16.0 Å². The van der Waals surface area contributed by atoms with Crippen molar-refractivity contribution in [3.05, 3.63) is 60.1 Å². The standard InChI is InChI=1S/C16H14N4O4S/c1-11-5-6-14(10-18-11)19-9-12(8-17)16(21)20-13-3-2-4-15(7-13)25(22,23)24/h2-7,9-10,19H,1H3,(H,20,21)(H,22,23,24)/b12-9-. The van der Waals surface area contributed by atoms with Crippen LogP contribution in [-0.4, -0.2) is 23.9 Å². The Morgan fingerprint density at radius 2 is 2.04 bits per heavy atom. The van der Waals surface area contributed by atoms with Crippen LogP contribution in [0.4, 0.5) is 11.4 Å². The number of nitrogens with zero attached hydrogens (tertiary/aromatic N) is 2. The first-order valence-electron chi connectivity index (χ1n) is 6.98. The topological polar surface area (TPSA) is 132 Å². The molecule has 1 aromatic carbocycles. The molecule has 1 amide bonds. The van der Waals surface area contributed by atoms with Gasteiger partial charge in [-0.05, 0) is 37.3 Å². The number of hydrogen-bond donors (Lipinski definition) is 3. The maximum Gasteiger partial charge on any atom is 0.294 e. The summed E-state index contributed by atoms with van der Waals surface area (Å²) in [4.78, 5) is 15.8. The highest BCUT2D eigenvalue weighted by Gasteiger charge is 2.13. The molecule has 1 aromatic heterocycles. The first kappa shape index (κ1) is 18.1. The lowest BCUT2D eigenvalue weighted by Crippen LogP contribution is -2.15. The van der Waals surface area contributed by atoms with Gasteiger partial charge < -0.3 is 10.6 Å². The third-order valence-electron chi connectivity index (χ3n) is 3.05. The number of rotatable bonds is 5.